The first-order valence-corrected chi connectivity index (χ1v) is 11.6. The van der Waals surface area contributed by atoms with Crippen LogP contribution in [0.5, 0.6) is 0 Å². The van der Waals surface area contributed by atoms with Crippen LogP contribution in [0.15, 0.2) is 0 Å². The van der Waals surface area contributed by atoms with Gasteiger partial charge in [0.2, 0.25) is 5.91 Å². The summed E-state index contributed by atoms with van der Waals surface area (Å²) >= 11 is 0. The Morgan fingerprint density at radius 1 is 0.649 bits per heavy atom. The molecule has 17 nitrogen and oxygen atoms in total. The Labute approximate surface area is 210 Å². The Hall–Kier alpha value is -1.13. The van der Waals surface area contributed by atoms with E-state index < -0.39 is 118 Å². The van der Waals surface area contributed by atoms with E-state index in [2.05, 4.69) is 5.32 Å². The van der Waals surface area contributed by atoms with Crippen LogP contribution in [0.25, 0.3) is 0 Å². The molecule has 0 aliphatic carbocycles. The van der Waals surface area contributed by atoms with Gasteiger partial charge in [0.1, 0.15) is 73.2 Å². The van der Waals surface area contributed by atoms with Crippen molar-refractivity contribution in [3.8, 4) is 0 Å². The quantitative estimate of drug-likeness (QED) is 0.135. The van der Waals surface area contributed by atoms with Crippen molar-refractivity contribution in [1.29, 1.82) is 0 Å². The molecule has 3 rings (SSSR count). The second-order valence-electron chi connectivity index (χ2n) is 9.07. The first-order valence-electron chi connectivity index (χ1n) is 11.6. The molecule has 0 bridgehead atoms. The lowest BCUT2D eigenvalue weighted by molar-refractivity contribution is -0.372. The van der Waals surface area contributed by atoms with Crippen LogP contribution in [-0.4, -0.2) is 169 Å². The van der Waals surface area contributed by atoms with E-state index in [1.54, 1.807) is 0 Å². The summed E-state index contributed by atoms with van der Waals surface area (Å²) in [6.45, 7) is -1.27. The molecule has 0 spiro atoms. The van der Waals surface area contributed by atoms with Gasteiger partial charge >= 0.3 is 0 Å². The SMILES string of the molecule is CC(=O)N[C@@H]1[C@@H](O[C@@H]2O[C@H](CO)[C@H](O)[C@H](O)[C@H]2O)[C@@H](O[C@@H]2O[C@H](CO)[C@H](O)[C@H](O)[C@H]2O)[C@@H](CO)O[C@@H]1O. The molecule has 0 aromatic heterocycles. The van der Waals surface area contributed by atoms with Crippen molar-refractivity contribution in [1.82, 2.24) is 5.32 Å². The third kappa shape index (κ3) is 6.38. The topological polar surface area (TPSA) is 278 Å². The molecule has 0 radical (unpaired) electrons. The first-order chi connectivity index (χ1) is 17.4. The molecule has 0 saturated carbocycles. The molecule has 3 saturated heterocycles. The molecular formula is C20H35NO16. The van der Waals surface area contributed by atoms with E-state index >= 15 is 0 Å². The zero-order valence-corrected chi connectivity index (χ0v) is 19.7. The Balaban J connectivity index is 1.93. The molecule has 3 aliphatic rings. The Bertz CT molecular complexity index is 743. The van der Waals surface area contributed by atoms with Gasteiger partial charge < -0.3 is 80.1 Å². The maximum Gasteiger partial charge on any atom is 0.217 e. The van der Waals surface area contributed by atoms with E-state index in [0.717, 1.165) is 6.92 Å². The molecule has 37 heavy (non-hydrogen) atoms. The molecule has 1 amide bonds. The zero-order valence-electron chi connectivity index (χ0n) is 19.7. The fraction of sp³-hybridized carbons (Fsp3) is 0.950. The molecule has 0 aromatic carbocycles. The number of hydrogen-bond acceptors (Lipinski definition) is 16. The molecule has 0 unspecified atom stereocenters. The second kappa shape index (κ2) is 12.8. The highest BCUT2D eigenvalue weighted by atomic mass is 16.7. The lowest BCUT2D eigenvalue weighted by atomic mass is 9.94. The number of aliphatic hydroxyl groups is 10. The van der Waals surface area contributed by atoms with Crippen LogP contribution in [0.3, 0.4) is 0 Å². The molecular weight excluding hydrogens is 510 g/mol. The highest BCUT2D eigenvalue weighted by Gasteiger charge is 2.54. The maximum atomic E-state index is 11.9. The van der Waals surface area contributed by atoms with Crippen molar-refractivity contribution in [2.75, 3.05) is 19.8 Å². The number of rotatable bonds is 8. The Morgan fingerprint density at radius 2 is 1.08 bits per heavy atom. The van der Waals surface area contributed by atoms with Gasteiger partial charge in [-0.3, -0.25) is 4.79 Å². The lowest BCUT2D eigenvalue weighted by Gasteiger charge is -2.49. The monoisotopic (exact) mass is 545 g/mol. The van der Waals surface area contributed by atoms with Gasteiger partial charge in [-0.25, -0.2) is 0 Å². The number of carbonyl (C=O) groups excluding carboxylic acids is 1. The van der Waals surface area contributed by atoms with E-state index in [1.807, 2.05) is 0 Å². The van der Waals surface area contributed by atoms with Gasteiger partial charge in [-0.1, -0.05) is 0 Å². The van der Waals surface area contributed by atoms with Crippen molar-refractivity contribution >= 4 is 5.91 Å². The average Bonchev–Trinajstić information content (AvgIpc) is 2.87. The fourth-order valence-electron chi connectivity index (χ4n) is 4.45. The molecule has 17 heteroatoms. The average molecular weight is 545 g/mol. The van der Waals surface area contributed by atoms with E-state index in [0.29, 0.717) is 0 Å². The van der Waals surface area contributed by atoms with Crippen molar-refractivity contribution in [2.45, 2.75) is 99.0 Å². The zero-order chi connectivity index (χ0) is 27.6. The van der Waals surface area contributed by atoms with Crippen LogP contribution in [0.2, 0.25) is 0 Å². The summed E-state index contributed by atoms with van der Waals surface area (Å²) in [6, 6.07) is -1.47. The summed E-state index contributed by atoms with van der Waals surface area (Å²) in [5, 5.41) is 103. The van der Waals surface area contributed by atoms with Gasteiger partial charge in [0.25, 0.3) is 0 Å². The van der Waals surface area contributed by atoms with Crippen LogP contribution < -0.4 is 5.32 Å². The minimum atomic E-state index is -1.89. The van der Waals surface area contributed by atoms with Crippen molar-refractivity contribution in [3.05, 3.63) is 0 Å². The van der Waals surface area contributed by atoms with Gasteiger partial charge in [0, 0.05) is 6.92 Å². The van der Waals surface area contributed by atoms with Crippen molar-refractivity contribution in [3.63, 3.8) is 0 Å². The van der Waals surface area contributed by atoms with E-state index in [1.165, 1.54) is 0 Å². The van der Waals surface area contributed by atoms with Gasteiger partial charge in [0.15, 0.2) is 18.9 Å². The summed E-state index contributed by atoms with van der Waals surface area (Å²) in [5.41, 5.74) is 0. The number of carbonyl (C=O) groups is 1. The molecule has 11 N–H and O–H groups in total. The van der Waals surface area contributed by atoms with Crippen LogP contribution >= 0.6 is 0 Å². The summed E-state index contributed by atoms with van der Waals surface area (Å²) in [4.78, 5) is 11.9. The standard InChI is InChI=1S/C20H35NO16/c1-5(25)21-9-17(37-20-15(31)13(29)11(27)7(3-23)35-20)16(8(4-24)33-18(9)32)36-19-14(30)12(28)10(26)6(2-22)34-19/h6-20,22-24,26-32H,2-4H2,1H3,(H,21,25)/t6-,7-,8-,9-,10+,11+,12+,13+,14-,15-,16+,17-,18+,19+,20+/m1/s1. The highest BCUT2D eigenvalue weighted by molar-refractivity contribution is 5.73. The summed E-state index contributed by atoms with van der Waals surface area (Å²) < 4.78 is 27.5. The number of amides is 1. The van der Waals surface area contributed by atoms with E-state index in [-0.39, 0.29) is 0 Å². The lowest BCUT2D eigenvalue weighted by Crippen LogP contribution is -2.69. The molecule has 3 aliphatic heterocycles. The summed E-state index contributed by atoms with van der Waals surface area (Å²) in [7, 11) is 0. The maximum absolute atomic E-state index is 11.9. The minimum absolute atomic E-state index is 0.677. The molecule has 216 valence electrons. The van der Waals surface area contributed by atoms with Gasteiger partial charge in [-0.2, -0.15) is 0 Å². The molecule has 15 atom stereocenters. The van der Waals surface area contributed by atoms with Gasteiger partial charge in [0.05, 0.1) is 19.8 Å². The molecule has 3 fully saturated rings. The van der Waals surface area contributed by atoms with Crippen molar-refractivity contribution in [2.24, 2.45) is 0 Å². The first kappa shape index (κ1) is 30.4. The molecule has 0 aromatic rings. The third-order valence-electron chi connectivity index (χ3n) is 6.49. The van der Waals surface area contributed by atoms with E-state index in [4.69, 9.17) is 23.7 Å². The van der Waals surface area contributed by atoms with Gasteiger partial charge in [-0.05, 0) is 0 Å². The van der Waals surface area contributed by atoms with E-state index in [9.17, 15) is 55.9 Å². The van der Waals surface area contributed by atoms with Crippen LogP contribution in [0, 0.1) is 0 Å². The van der Waals surface area contributed by atoms with Crippen LogP contribution in [0.4, 0.5) is 0 Å². The predicted molar refractivity (Wildman–Crippen MR) is 113 cm³/mol. The largest absolute Gasteiger partial charge is 0.394 e. The normalized spacial score (nSPS) is 49.0. The second-order valence-corrected chi connectivity index (χ2v) is 9.07. The summed E-state index contributed by atoms with van der Waals surface area (Å²) in [5.74, 6) is -0.677. The van der Waals surface area contributed by atoms with Crippen LogP contribution in [0.1, 0.15) is 6.92 Å². The number of nitrogens with one attached hydrogen (secondary N) is 1. The van der Waals surface area contributed by atoms with Gasteiger partial charge in [-0.15, -0.1) is 0 Å². The Morgan fingerprint density at radius 3 is 1.49 bits per heavy atom. The smallest absolute Gasteiger partial charge is 0.217 e. The molecule has 3 heterocycles. The fourth-order valence-corrected chi connectivity index (χ4v) is 4.45. The highest BCUT2D eigenvalue weighted by Crippen LogP contribution is 2.32. The van der Waals surface area contributed by atoms with Crippen LogP contribution in [-0.2, 0) is 28.5 Å². The minimum Gasteiger partial charge on any atom is -0.394 e. The third-order valence-corrected chi connectivity index (χ3v) is 6.49. The Kier molecular flexibility index (Phi) is 10.5. The van der Waals surface area contributed by atoms with Crippen molar-refractivity contribution < 1.29 is 79.5 Å². The predicted octanol–water partition coefficient (Wildman–Crippen LogP) is -7.43. The summed E-state index contributed by atoms with van der Waals surface area (Å²) in [6.07, 6.45) is -23.5. The number of aliphatic hydroxyl groups excluding tert-OH is 10. The number of hydrogen-bond donors (Lipinski definition) is 11. The number of ether oxygens (including phenoxy) is 5.